The van der Waals surface area contributed by atoms with Crippen molar-refractivity contribution in [1.82, 2.24) is 30.3 Å². The van der Waals surface area contributed by atoms with Gasteiger partial charge in [0, 0.05) is 7.05 Å². The van der Waals surface area contributed by atoms with Crippen LogP contribution in [0.4, 0.5) is 0 Å². The first-order valence-electron chi connectivity index (χ1n) is 4.79. The zero-order valence-corrected chi connectivity index (χ0v) is 9.06. The number of aromatic amines is 1. The normalized spacial score (nSPS) is 10.4. The van der Waals surface area contributed by atoms with Crippen LogP contribution in [0.15, 0.2) is 12.5 Å². The fourth-order valence-electron chi connectivity index (χ4n) is 1.30. The van der Waals surface area contributed by atoms with E-state index in [9.17, 15) is 4.79 Å². The van der Waals surface area contributed by atoms with E-state index in [2.05, 4.69) is 25.6 Å². The lowest BCUT2D eigenvalue weighted by Crippen LogP contribution is -2.26. The third kappa shape index (κ3) is 1.92. The van der Waals surface area contributed by atoms with Crippen molar-refractivity contribution in [3.05, 3.63) is 29.6 Å². The van der Waals surface area contributed by atoms with E-state index >= 15 is 0 Å². The minimum atomic E-state index is -0.256. The van der Waals surface area contributed by atoms with Gasteiger partial charge in [0.15, 0.2) is 0 Å². The third-order valence-electron chi connectivity index (χ3n) is 2.27. The number of rotatable bonds is 3. The second-order valence-corrected chi connectivity index (χ2v) is 3.42. The zero-order chi connectivity index (χ0) is 11.5. The molecule has 0 bridgehead atoms. The maximum absolute atomic E-state index is 11.7. The van der Waals surface area contributed by atoms with Crippen molar-refractivity contribution in [3.63, 3.8) is 0 Å². The number of amides is 1. The van der Waals surface area contributed by atoms with Crippen molar-refractivity contribution in [2.75, 3.05) is 0 Å². The van der Waals surface area contributed by atoms with Crippen molar-refractivity contribution in [2.24, 2.45) is 7.05 Å². The number of hydrogen-bond acceptors (Lipinski definition) is 4. The van der Waals surface area contributed by atoms with Gasteiger partial charge in [0.25, 0.3) is 5.91 Å². The first-order chi connectivity index (χ1) is 7.68. The summed E-state index contributed by atoms with van der Waals surface area (Å²) in [4.78, 5) is 15.5. The van der Waals surface area contributed by atoms with E-state index in [-0.39, 0.29) is 11.7 Å². The number of nitrogens with one attached hydrogen (secondary N) is 2. The van der Waals surface area contributed by atoms with Crippen LogP contribution in [0, 0.1) is 6.92 Å². The van der Waals surface area contributed by atoms with Gasteiger partial charge in [-0.15, -0.1) is 0 Å². The van der Waals surface area contributed by atoms with E-state index in [1.807, 2.05) is 6.92 Å². The van der Waals surface area contributed by atoms with Crippen molar-refractivity contribution in [3.8, 4) is 0 Å². The van der Waals surface area contributed by atoms with E-state index in [4.69, 9.17) is 0 Å². The van der Waals surface area contributed by atoms with Crippen molar-refractivity contribution >= 4 is 5.91 Å². The molecule has 0 aliphatic rings. The molecule has 0 fully saturated rings. The Balaban J connectivity index is 1.99. The van der Waals surface area contributed by atoms with Crippen LogP contribution >= 0.6 is 0 Å². The van der Waals surface area contributed by atoms with E-state index in [1.54, 1.807) is 13.2 Å². The molecule has 16 heavy (non-hydrogen) atoms. The molecule has 0 radical (unpaired) electrons. The summed E-state index contributed by atoms with van der Waals surface area (Å²) in [7, 11) is 1.67. The second kappa shape index (κ2) is 4.13. The number of carbonyl (C=O) groups is 1. The van der Waals surface area contributed by atoms with E-state index in [0.717, 1.165) is 11.3 Å². The molecule has 2 heterocycles. The average molecular weight is 220 g/mol. The van der Waals surface area contributed by atoms with Gasteiger partial charge in [-0.25, -0.2) is 9.67 Å². The molecule has 0 aromatic carbocycles. The number of carbonyl (C=O) groups excluding carboxylic acids is 1. The van der Waals surface area contributed by atoms with Gasteiger partial charge in [0.1, 0.15) is 6.33 Å². The Kier molecular flexibility index (Phi) is 2.67. The van der Waals surface area contributed by atoms with Crippen LogP contribution in [0.3, 0.4) is 0 Å². The lowest BCUT2D eigenvalue weighted by atomic mass is 10.3. The molecule has 1 amide bonds. The molecule has 0 saturated carbocycles. The maximum Gasteiger partial charge on any atom is 0.289 e. The molecule has 0 saturated heterocycles. The summed E-state index contributed by atoms with van der Waals surface area (Å²) in [6.07, 6.45) is 3.06. The molecule has 0 unspecified atom stereocenters. The van der Waals surface area contributed by atoms with Gasteiger partial charge in [0.05, 0.1) is 18.4 Å². The predicted octanol–water partition coefficient (Wildman–Crippen LogP) is -0.223. The van der Waals surface area contributed by atoms with Crippen molar-refractivity contribution < 1.29 is 4.79 Å². The van der Waals surface area contributed by atoms with E-state index < -0.39 is 0 Å². The maximum atomic E-state index is 11.7. The second-order valence-electron chi connectivity index (χ2n) is 3.42. The molecule has 7 heteroatoms. The Morgan fingerprint density at radius 1 is 1.62 bits per heavy atom. The monoisotopic (exact) mass is 220 g/mol. The highest BCUT2D eigenvalue weighted by molar-refractivity contribution is 5.90. The van der Waals surface area contributed by atoms with Crippen LogP contribution in [0.1, 0.15) is 21.9 Å². The van der Waals surface area contributed by atoms with Gasteiger partial charge in [-0.1, -0.05) is 0 Å². The highest BCUT2D eigenvalue weighted by Gasteiger charge is 2.11. The number of nitrogens with zero attached hydrogens (tertiary/aromatic N) is 4. The molecular weight excluding hydrogens is 208 g/mol. The molecule has 2 rings (SSSR count). The minimum Gasteiger partial charge on any atom is -0.344 e. The molecule has 0 spiro atoms. The summed E-state index contributed by atoms with van der Waals surface area (Å²) in [6.45, 7) is 2.32. The Bertz CT molecular complexity index is 500. The third-order valence-corrected chi connectivity index (χ3v) is 2.27. The van der Waals surface area contributed by atoms with Crippen LogP contribution in [0.2, 0.25) is 0 Å². The van der Waals surface area contributed by atoms with Crippen LogP contribution in [0.5, 0.6) is 0 Å². The quantitative estimate of drug-likeness (QED) is 0.748. The van der Waals surface area contributed by atoms with Gasteiger partial charge < -0.3 is 5.32 Å². The first-order valence-corrected chi connectivity index (χ1v) is 4.79. The molecule has 0 atom stereocenters. The first kappa shape index (κ1) is 10.3. The summed E-state index contributed by atoms with van der Waals surface area (Å²) in [5.41, 5.74) is 1.90. The van der Waals surface area contributed by atoms with Gasteiger partial charge in [-0.05, 0) is 12.5 Å². The average Bonchev–Trinajstić information content (AvgIpc) is 2.84. The number of aryl methyl sites for hydroxylation is 2. The summed E-state index contributed by atoms with van der Waals surface area (Å²) in [6, 6.07) is 0. The molecule has 2 aromatic heterocycles. The number of H-pyrrole nitrogens is 1. The Labute approximate surface area is 91.9 Å². The Morgan fingerprint density at radius 3 is 3.00 bits per heavy atom. The van der Waals surface area contributed by atoms with E-state index in [1.165, 1.54) is 11.0 Å². The summed E-state index contributed by atoms with van der Waals surface area (Å²) < 4.78 is 1.43. The lowest BCUT2D eigenvalue weighted by Gasteiger charge is -2.03. The van der Waals surface area contributed by atoms with Crippen molar-refractivity contribution in [1.29, 1.82) is 0 Å². The predicted molar refractivity (Wildman–Crippen MR) is 55.5 cm³/mol. The SMILES string of the molecule is Cc1cn[nH]c1CNC(=O)c1ncnn1C. The Hall–Kier alpha value is -2.18. The van der Waals surface area contributed by atoms with Crippen LogP contribution in [0.25, 0.3) is 0 Å². The topological polar surface area (TPSA) is 88.5 Å². The molecular formula is C9H12N6O. The smallest absolute Gasteiger partial charge is 0.289 e. The molecule has 0 aliphatic heterocycles. The number of hydrogen-bond donors (Lipinski definition) is 2. The summed E-state index contributed by atoms with van der Waals surface area (Å²) in [5.74, 6) is 0.0335. The van der Waals surface area contributed by atoms with Crippen molar-refractivity contribution in [2.45, 2.75) is 13.5 Å². The minimum absolute atomic E-state index is 0.256. The fraction of sp³-hybridized carbons (Fsp3) is 0.333. The van der Waals surface area contributed by atoms with Gasteiger partial charge >= 0.3 is 0 Å². The highest BCUT2D eigenvalue weighted by Crippen LogP contribution is 2.01. The van der Waals surface area contributed by atoms with Gasteiger partial charge in [-0.3, -0.25) is 9.89 Å². The summed E-state index contributed by atoms with van der Waals surface area (Å²) in [5, 5.41) is 13.2. The Morgan fingerprint density at radius 2 is 2.44 bits per heavy atom. The largest absolute Gasteiger partial charge is 0.344 e. The van der Waals surface area contributed by atoms with Crippen LogP contribution < -0.4 is 5.32 Å². The molecule has 7 nitrogen and oxygen atoms in total. The molecule has 2 N–H and O–H groups in total. The van der Waals surface area contributed by atoms with Gasteiger partial charge in [0.2, 0.25) is 5.82 Å². The highest BCUT2D eigenvalue weighted by atomic mass is 16.2. The molecule has 2 aromatic rings. The summed E-state index contributed by atoms with van der Waals surface area (Å²) >= 11 is 0. The lowest BCUT2D eigenvalue weighted by molar-refractivity contribution is 0.0935. The molecule has 84 valence electrons. The van der Waals surface area contributed by atoms with Gasteiger partial charge in [-0.2, -0.15) is 10.2 Å². The fourth-order valence-corrected chi connectivity index (χ4v) is 1.30. The number of aromatic nitrogens is 5. The zero-order valence-electron chi connectivity index (χ0n) is 9.06. The van der Waals surface area contributed by atoms with E-state index in [0.29, 0.717) is 6.54 Å². The molecule has 0 aliphatic carbocycles. The van der Waals surface area contributed by atoms with Crippen LogP contribution in [-0.2, 0) is 13.6 Å². The van der Waals surface area contributed by atoms with Crippen LogP contribution in [-0.4, -0.2) is 30.9 Å². The standard InChI is InChI=1S/C9H12N6O/c1-6-3-12-14-7(6)4-10-9(16)8-11-5-13-15(8)2/h3,5H,4H2,1-2H3,(H,10,16)(H,12,14).